The minimum Gasteiger partial charge on any atom is -0.481 e. The van der Waals surface area contributed by atoms with Gasteiger partial charge in [0.25, 0.3) is 5.95 Å². The third-order valence-corrected chi connectivity index (χ3v) is 7.45. The molecule has 0 amide bonds. The maximum absolute atomic E-state index is 10.6. The molecule has 1 aliphatic heterocycles. The van der Waals surface area contributed by atoms with Crippen molar-refractivity contribution in [3.05, 3.63) is 106 Å². The van der Waals surface area contributed by atoms with Crippen LogP contribution in [0.25, 0.3) is 11.5 Å². The maximum atomic E-state index is 10.6. The summed E-state index contributed by atoms with van der Waals surface area (Å²) in [6.45, 7) is 9.35. The molecule has 0 saturated carbocycles. The van der Waals surface area contributed by atoms with Crippen molar-refractivity contribution in [1.82, 2.24) is 0 Å². The van der Waals surface area contributed by atoms with E-state index in [0.29, 0.717) is 36.7 Å². The lowest BCUT2D eigenvalue weighted by Crippen LogP contribution is -2.22. The van der Waals surface area contributed by atoms with Crippen LogP contribution in [0.2, 0.25) is 0 Å². The van der Waals surface area contributed by atoms with Gasteiger partial charge in [0.1, 0.15) is 0 Å². The summed E-state index contributed by atoms with van der Waals surface area (Å²) in [4.78, 5) is 0. The molecule has 0 spiro atoms. The Kier molecular flexibility index (Phi) is 9.65. The molecule has 4 rings (SSSR count). The summed E-state index contributed by atoms with van der Waals surface area (Å²) in [5, 5.41) is 12.4. The van der Waals surface area contributed by atoms with Crippen LogP contribution < -0.4 is 10.4 Å². The van der Waals surface area contributed by atoms with Gasteiger partial charge >= 0.3 is 0 Å². The summed E-state index contributed by atoms with van der Waals surface area (Å²) in [6, 6.07) is 29.6. The quantitative estimate of drug-likeness (QED) is 0.310. The van der Waals surface area contributed by atoms with Crippen molar-refractivity contribution in [2.45, 2.75) is 71.2 Å². The van der Waals surface area contributed by atoms with Gasteiger partial charge < -0.3 is 19.3 Å². The van der Waals surface area contributed by atoms with Crippen LogP contribution in [0.15, 0.2) is 84.9 Å². The van der Waals surface area contributed by atoms with Gasteiger partial charge in [-0.25, -0.2) is 0 Å². The third-order valence-electron chi connectivity index (χ3n) is 7.45. The molecule has 1 fully saturated rings. The predicted octanol–water partition coefficient (Wildman–Crippen LogP) is 6.68. The molecular weight excluding hydrogens is 472 g/mol. The second kappa shape index (κ2) is 13.1. The topological polar surface area (TPSA) is 47.9 Å². The van der Waals surface area contributed by atoms with Crippen LogP contribution in [0.4, 0.5) is 0 Å². The number of benzene rings is 3. The van der Waals surface area contributed by atoms with E-state index in [9.17, 15) is 5.11 Å². The molecule has 1 aliphatic rings. The fraction of sp³-hybridized carbons (Fsp3) is 0.412. The smallest absolute Gasteiger partial charge is 0.284 e. The van der Waals surface area contributed by atoms with Crippen molar-refractivity contribution in [3.8, 4) is 0 Å². The second-order valence-corrected chi connectivity index (χ2v) is 10.9. The molecular formula is C34H42O4. The number of hydrogen-bond donors (Lipinski definition) is 1. The Morgan fingerprint density at radius 2 is 1.58 bits per heavy atom. The van der Waals surface area contributed by atoms with Crippen LogP contribution in [0.1, 0.15) is 70.4 Å². The molecule has 4 heteroatoms. The summed E-state index contributed by atoms with van der Waals surface area (Å²) >= 11 is 0. The summed E-state index contributed by atoms with van der Waals surface area (Å²) in [6.07, 6.45) is 3.91. The van der Waals surface area contributed by atoms with Crippen LogP contribution in [-0.2, 0) is 14.2 Å². The van der Waals surface area contributed by atoms with Crippen LogP contribution in [0.5, 0.6) is 0 Å². The molecule has 3 aromatic carbocycles. The van der Waals surface area contributed by atoms with Gasteiger partial charge in [0, 0.05) is 6.42 Å². The number of ether oxygens (including phenoxy) is 3. The Hall–Kier alpha value is -3.08. The van der Waals surface area contributed by atoms with E-state index in [4.69, 9.17) is 14.2 Å². The zero-order chi connectivity index (χ0) is 27.0. The molecule has 1 saturated heterocycles. The van der Waals surface area contributed by atoms with Gasteiger partial charge in [-0.15, -0.1) is 0 Å². The van der Waals surface area contributed by atoms with Gasteiger partial charge in [-0.3, -0.25) is 0 Å². The van der Waals surface area contributed by atoms with E-state index < -0.39 is 5.79 Å². The first-order chi connectivity index (χ1) is 18.3. The van der Waals surface area contributed by atoms with E-state index >= 15 is 0 Å². The first-order valence-corrected chi connectivity index (χ1v) is 13.9. The van der Waals surface area contributed by atoms with Crippen LogP contribution in [0.3, 0.4) is 0 Å². The summed E-state index contributed by atoms with van der Waals surface area (Å²) in [5.74, 6) is 0.467. The van der Waals surface area contributed by atoms with Gasteiger partial charge in [-0.2, -0.15) is 0 Å². The van der Waals surface area contributed by atoms with Gasteiger partial charge in [0.05, 0.1) is 24.5 Å². The molecule has 1 heterocycles. The Balaban J connectivity index is 1.59. The van der Waals surface area contributed by atoms with Crippen molar-refractivity contribution in [3.63, 3.8) is 0 Å². The average Bonchev–Trinajstić information content (AvgIpc) is 3.30. The Morgan fingerprint density at radius 1 is 0.947 bits per heavy atom. The predicted molar refractivity (Wildman–Crippen MR) is 154 cm³/mol. The SMILES string of the molecule is CCC(C)CC(CC(c1ccccc1)=c1ccc(=C(O)OCCC2COC(C)(C)O2)cc1)c1ccccc1. The second-order valence-electron chi connectivity index (χ2n) is 10.9. The van der Waals surface area contributed by atoms with Crippen LogP contribution in [0, 0.1) is 5.92 Å². The molecule has 0 bridgehead atoms. The third kappa shape index (κ3) is 7.72. The highest BCUT2D eigenvalue weighted by molar-refractivity contribution is 5.66. The highest BCUT2D eigenvalue weighted by Crippen LogP contribution is 2.33. The van der Waals surface area contributed by atoms with E-state index in [1.165, 1.54) is 23.1 Å². The molecule has 3 unspecified atom stereocenters. The molecule has 0 radical (unpaired) electrons. The minimum absolute atomic E-state index is 0.0174. The molecule has 38 heavy (non-hydrogen) atoms. The van der Waals surface area contributed by atoms with Crippen molar-refractivity contribution >= 4 is 11.5 Å². The lowest BCUT2D eigenvalue weighted by Gasteiger charge is -2.23. The Bertz CT molecular complexity index is 1240. The van der Waals surface area contributed by atoms with E-state index in [1.54, 1.807) is 0 Å². The van der Waals surface area contributed by atoms with Crippen molar-refractivity contribution < 1.29 is 19.3 Å². The average molecular weight is 515 g/mol. The number of aliphatic hydroxyl groups excluding tert-OH is 1. The lowest BCUT2D eigenvalue weighted by atomic mass is 9.82. The largest absolute Gasteiger partial charge is 0.481 e. The number of hydrogen-bond acceptors (Lipinski definition) is 4. The monoisotopic (exact) mass is 514 g/mol. The highest BCUT2D eigenvalue weighted by atomic mass is 16.7. The Morgan fingerprint density at radius 3 is 2.18 bits per heavy atom. The van der Waals surface area contributed by atoms with Crippen LogP contribution >= 0.6 is 0 Å². The van der Waals surface area contributed by atoms with Crippen LogP contribution in [-0.4, -0.2) is 30.2 Å². The zero-order valence-corrected chi connectivity index (χ0v) is 23.2. The molecule has 4 nitrogen and oxygen atoms in total. The van der Waals surface area contributed by atoms with Gasteiger partial charge in [-0.05, 0) is 72.6 Å². The van der Waals surface area contributed by atoms with E-state index in [-0.39, 0.29) is 12.0 Å². The van der Waals surface area contributed by atoms with E-state index in [0.717, 1.165) is 18.1 Å². The standard InChI is InChI=1S/C34H42O4/c1-5-25(2)22-30(26-12-8-6-9-13-26)23-32(27-14-10-7-11-15-27)28-16-18-29(19-17-28)33(35)36-21-20-31-24-37-34(3,4)38-31/h6-19,25,30-31,35H,5,20-24H2,1-4H3. The zero-order valence-electron chi connectivity index (χ0n) is 23.2. The molecule has 3 atom stereocenters. The molecule has 202 valence electrons. The molecule has 0 aromatic heterocycles. The van der Waals surface area contributed by atoms with Crippen molar-refractivity contribution in [1.29, 1.82) is 0 Å². The highest BCUT2D eigenvalue weighted by Gasteiger charge is 2.32. The van der Waals surface area contributed by atoms with Gasteiger partial charge in [-0.1, -0.05) is 93.1 Å². The maximum Gasteiger partial charge on any atom is 0.284 e. The fourth-order valence-electron chi connectivity index (χ4n) is 5.09. The lowest BCUT2D eigenvalue weighted by molar-refractivity contribution is -0.139. The normalized spacial score (nSPS) is 18.1. The first kappa shape index (κ1) is 27.9. The van der Waals surface area contributed by atoms with Crippen molar-refractivity contribution in [2.75, 3.05) is 13.2 Å². The fourth-order valence-corrected chi connectivity index (χ4v) is 5.09. The molecule has 3 aromatic rings. The molecule has 0 aliphatic carbocycles. The minimum atomic E-state index is -0.548. The Labute approximate surface area is 227 Å². The first-order valence-electron chi connectivity index (χ1n) is 13.9. The number of aliphatic hydroxyl groups is 1. The van der Waals surface area contributed by atoms with Gasteiger partial charge in [0.15, 0.2) is 5.79 Å². The summed E-state index contributed by atoms with van der Waals surface area (Å²) in [5.41, 5.74) is 3.93. The van der Waals surface area contributed by atoms with E-state index in [2.05, 4.69) is 86.6 Å². The van der Waals surface area contributed by atoms with E-state index in [1.807, 2.05) is 26.0 Å². The van der Waals surface area contributed by atoms with Gasteiger partial charge in [0.2, 0.25) is 0 Å². The summed E-state index contributed by atoms with van der Waals surface area (Å²) < 4.78 is 17.1. The summed E-state index contributed by atoms with van der Waals surface area (Å²) in [7, 11) is 0. The number of rotatable bonds is 11. The van der Waals surface area contributed by atoms with Crippen molar-refractivity contribution in [2.24, 2.45) is 5.92 Å². The molecule has 1 N–H and O–H groups in total.